The fraction of sp³-hybridized carbons (Fsp3) is 0.853. The minimum absolute atomic E-state index is 0.0677. The predicted octanol–water partition coefficient (Wildman–Crippen LogP) is 4.61. The van der Waals surface area contributed by atoms with Crippen LogP contribution in [0.25, 0.3) is 0 Å². The second-order valence-corrected chi connectivity index (χ2v) is 15.9. The number of piperidine rings is 1. The molecule has 1 aliphatic carbocycles. The van der Waals surface area contributed by atoms with Crippen LogP contribution in [0.5, 0.6) is 0 Å². The Bertz CT molecular complexity index is 1090. The average molecular weight is 635 g/mol. The third kappa shape index (κ3) is 10.3. The lowest BCUT2D eigenvalue weighted by Crippen LogP contribution is -2.60. The molecule has 0 spiro atoms. The van der Waals surface area contributed by atoms with E-state index in [-0.39, 0.29) is 29.1 Å². The molecule has 11 nitrogen and oxygen atoms in total. The van der Waals surface area contributed by atoms with Crippen LogP contribution >= 0.6 is 0 Å². The van der Waals surface area contributed by atoms with Crippen LogP contribution in [0.1, 0.15) is 127 Å². The minimum Gasteiger partial charge on any atom is -0.450 e. The number of carbonyl (C=O) groups excluding carboxylic acids is 5. The summed E-state index contributed by atoms with van der Waals surface area (Å²) in [4.78, 5) is 68.5. The van der Waals surface area contributed by atoms with Gasteiger partial charge in [0, 0.05) is 19.0 Å². The highest BCUT2D eigenvalue weighted by molar-refractivity contribution is 5.93. The summed E-state index contributed by atoms with van der Waals surface area (Å²) >= 11 is 0. The smallest absolute Gasteiger partial charge is 0.408 e. The Morgan fingerprint density at radius 2 is 1.47 bits per heavy atom. The van der Waals surface area contributed by atoms with Gasteiger partial charge >= 0.3 is 12.1 Å². The summed E-state index contributed by atoms with van der Waals surface area (Å²) in [6.45, 7) is 16.7. The van der Waals surface area contributed by atoms with Crippen molar-refractivity contribution in [2.75, 3.05) is 6.54 Å². The monoisotopic (exact) mass is 634 g/mol. The molecule has 3 aliphatic rings. The normalized spacial score (nSPS) is 28.8. The lowest BCUT2D eigenvalue weighted by atomic mass is 9.97. The highest BCUT2D eigenvalue weighted by Crippen LogP contribution is 2.65. The summed E-state index contributed by atoms with van der Waals surface area (Å²) in [6.07, 6.45) is 6.57. The number of carbonyl (C=O) groups is 5. The van der Waals surface area contributed by atoms with Crippen LogP contribution in [0.3, 0.4) is 0 Å². The summed E-state index contributed by atoms with van der Waals surface area (Å²) in [7, 11) is 0. The quantitative estimate of drug-likeness (QED) is 0.384. The zero-order valence-electron chi connectivity index (χ0n) is 29.0. The zero-order chi connectivity index (χ0) is 33.7. The first-order chi connectivity index (χ1) is 20.8. The molecule has 11 heteroatoms. The molecule has 0 radical (unpaired) electrons. The van der Waals surface area contributed by atoms with E-state index in [0.29, 0.717) is 19.4 Å². The zero-order valence-corrected chi connectivity index (χ0v) is 29.0. The van der Waals surface area contributed by atoms with Crippen LogP contribution in [0, 0.1) is 17.3 Å². The maximum atomic E-state index is 14.2. The Hall–Kier alpha value is -2.85. The van der Waals surface area contributed by atoms with Gasteiger partial charge in [0.1, 0.15) is 17.7 Å². The average Bonchev–Trinajstić information content (AvgIpc) is 3.21. The Morgan fingerprint density at radius 1 is 0.911 bits per heavy atom. The second-order valence-electron chi connectivity index (χ2n) is 15.9. The van der Waals surface area contributed by atoms with Crippen molar-refractivity contribution in [1.29, 1.82) is 0 Å². The van der Waals surface area contributed by atoms with Crippen LogP contribution in [-0.4, -0.2) is 76.6 Å². The van der Waals surface area contributed by atoms with Crippen molar-refractivity contribution < 1.29 is 33.4 Å². The highest BCUT2D eigenvalue weighted by Gasteiger charge is 2.69. The molecule has 3 N–H and O–H groups in total. The molecule has 6 atom stereocenters. The van der Waals surface area contributed by atoms with Gasteiger partial charge in [0.25, 0.3) is 5.91 Å². The second kappa shape index (κ2) is 14.7. The number of alkyl carbamates (subject to hydrolysis) is 1. The molecule has 2 saturated heterocycles. The van der Waals surface area contributed by atoms with Crippen molar-refractivity contribution in [2.45, 2.75) is 162 Å². The summed E-state index contributed by atoms with van der Waals surface area (Å²) in [5.74, 6) is -1.68. The van der Waals surface area contributed by atoms with E-state index in [1.807, 2.05) is 20.8 Å². The summed E-state index contributed by atoms with van der Waals surface area (Å²) in [5, 5.41) is 8.78. The minimum atomic E-state index is -1.22. The number of ether oxygens (including phenoxy) is 2. The number of rotatable bonds is 4. The summed E-state index contributed by atoms with van der Waals surface area (Å²) < 4.78 is 11.1. The standard InChI is InChI=1S/C34H58N4O7/c1-21(39)44-27(29(41)37-32(2,3)4)23-18-16-14-12-10-11-13-15-17-19-24(36-31(43)45-33(5,6)7)30(42)38-20-22-25(34(22,8)9)26(38)28(40)35-23/h22-27H,10-20H2,1-9H3,(H,35,40)(H,36,43)(H,37,41)/t22-,23-,24-,25-,26-,27?/m0/s1. The summed E-state index contributed by atoms with van der Waals surface area (Å²) in [5.41, 5.74) is -1.44. The van der Waals surface area contributed by atoms with Gasteiger partial charge in [0.2, 0.25) is 11.8 Å². The lowest BCUT2D eigenvalue weighted by Gasteiger charge is -2.35. The van der Waals surface area contributed by atoms with Gasteiger partial charge in [-0.05, 0) is 71.6 Å². The fourth-order valence-electron chi connectivity index (χ4n) is 7.00. The maximum absolute atomic E-state index is 14.2. The number of amides is 4. The van der Waals surface area contributed by atoms with Crippen molar-refractivity contribution in [3.63, 3.8) is 0 Å². The van der Waals surface area contributed by atoms with Crippen LogP contribution in [-0.2, 0) is 28.7 Å². The molecule has 1 saturated carbocycles. The number of hydrogen-bond donors (Lipinski definition) is 3. The van der Waals surface area contributed by atoms with Crippen LogP contribution < -0.4 is 16.0 Å². The first-order valence-electron chi connectivity index (χ1n) is 16.9. The first-order valence-corrected chi connectivity index (χ1v) is 16.9. The topological polar surface area (TPSA) is 143 Å². The highest BCUT2D eigenvalue weighted by atomic mass is 16.6. The van der Waals surface area contributed by atoms with Crippen molar-refractivity contribution >= 4 is 29.8 Å². The van der Waals surface area contributed by atoms with E-state index in [1.54, 1.807) is 25.7 Å². The lowest BCUT2D eigenvalue weighted by molar-refractivity contribution is -0.157. The molecule has 3 rings (SSSR count). The molecule has 0 aromatic heterocycles. The third-order valence-corrected chi connectivity index (χ3v) is 9.25. The molecule has 256 valence electrons. The van der Waals surface area contributed by atoms with Crippen LogP contribution in [0.4, 0.5) is 4.79 Å². The molecular weight excluding hydrogens is 576 g/mol. The Kier molecular flexibility index (Phi) is 12.0. The van der Waals surface area contributed by atoms with E-state index in [2.05, 4.69) is 29.8 Å². The largest absolute Gasteiger partial charge is 0.450 e. The number of fused-ring (bicyclic) bond motifs is 3. The third-order valence-electron chi connectivity index (χ3n) is 9.25. The van der Waals surface area contributed by atoms with Gasteiger partial charge in [-0.1, -0.05) is 65.2 Å². The number of nitrogens with zero attached hydrogens (tertiary/aromatic N) is 1. The van der Waals surface area contributed by atoms with Crippen LogP contribution in [0.15, 0.2) is 0 Å². The summed E-state index contributed by atoms with van der Waals surface area (Å²) in [6, 6.07) is -2.37. The number of esters is 1. The van der Waals surface area contributed by atoms with Gasteiger partial charge in [-0.3, -0.25) is 19.2 Å². The number of hydrogen-bond acceptors (Lipinski definition) is 7. The van der Waals surface area contributed by atoms with Crippen molar-refractivity contribution in [1.82, 2.24) is 20.9 Å². The SMILES string of the molecule is CC(=O)OC(C(=O)NC(C)(C)C)[C@@H]1CCCCCCCCCC[C@H](NC(=O)OC(C)(C)C)C(=O)N2C[C@H]3[C@@H]([C@H]2C(=O)N1)C3(C)C. The Labute approximate surface area is 269 Å². The van der Waals surface area contributed by atoms with E-state index < -0.39 is 53.3 Å². The van der Waals surface area contributed by atoms with Crippen LogP contribution in [0.2, 0.25) is 0 Å². The van der Waals surface area contributed by atoms with Crippen molar-refractivity contribution in [2.24, 2.45) is 17.3 Å². The van der Waals surface area contributed by atoms with Gasteiger partial charge in [0.15, 0.2) is 6.10 Å². The van der Waals surface area contributed by atoms with Gasteiger partial charge < -0.3 is 30.3 Å². The maximum Gasteiger partial charge on any atom is 0.408 e. The van der Waals surface area contributed by atoms with E-state index >= 15 is 0 Å². The van der Waals surface area contributed by atoms with Gasteiger partial charge in [-0.25, -0.2) is 4.79 Å². The van der Waals surface area contributed by atoms with Crippen molar-refractivity contribution in [3.8, 4) is 0 Å². The van der Waals surface area contributed by atoms with Gasteiger partial charge in [-0.15, -0.1) is 0 Å². The van der Waals surface area contributed by atoms with E-state index in [0.717, 1.165) is 51.4 Å². The predicted molar refractivity (Wildman–Crippen MR) is 171 cm³/mol. The first kappa shape index (κ1) is 36.6. The van der Waals surface area contributed by atoms with Gasteiger partial charge in [0.05, 0.1) is 6.04 Å². The molecular formula is C34H58N4O7. The molecule has 3 fully saturated rings. The molecule has 4 amide bonds. The van der Waals surface area contributed by atoms with E-state index in [9.17, 15) is 24.0 Å². The van der Waals surface area contributed by atoms with E-state index in [4.69, 9.17) is 9.47 Å². The molecule has 2 aliphatic heterocycles. The fourth-order valence-corrected chi connectivity index (χ4v) is 7.00. The molecule has 0 aromatic rings. The molecule has 0 aromatic carbocycles. The Balaban J connectivity index is 1.94. The Morgan fingerprint density at radius 3 is 2.00 bits per heavy atom. The van der Waals surface area contributed by atoms with Gasteiger partial charge in [-0.2, -0.15) is 0 Å². The van der Waals surface area contributed by atoms with E-state index in [1.165, 1.54) is 6.92 Å². The van der Waals surface area contributed by atoms with Crippen molar-refractivity contribution in [3.05, 3.63) is 0 Å². The molecule has 0 bridgehead atoms. The molecule has 2 heterocycles. The number of nitrogens with one attached hydrogen (secondary N) is 3. The molecule has 1 unspecified atom stereocenters. The molecule has 45 heavy (non-hydrogen) atoms.